The van der Waals surface area contributed by atoms with E-state index in [-0.39, 0.29) is 17.7 Å². The van der Waals surface area contributed by atoms with E-state index < -0.39 is 4.92 Å². The Bertz CT molecular complexity index is 716. The first-order valence-corrected chi connectivity index (χ1v) is 6.44. The number of thiazole rings is 1. The summed E-state index contributed by atoms with van der Waals surface area (Å²) < 4.78 is 6.72. The van der Waals surface area contributed by atoms with Crippen molar-refractivity contribution in [3.8, 4) is 0 Å². The molecule has 0 unspecified atom stereocenters. The molecule has 0 amide bonds. The summed E-state index contributed by atoms with van der Waals surface area (Å²) >= 11 is 1.35. The van der Waals surface area contributed by atoms with Crippen LogP contribution in [0.5, 0.6) is 0 Å². The molecule has 0 aliphatic carbocycles. The smallest absolute Gasteiger partial charge is 0.372 e. The van der Waals surface area contributed by atoms with Gasteiger partial charge in [-0.2, -0.15) is 9.38 Å². The molecule has 3 aromatic heterocycles. The predicted octanol–water partition coefficient (Wildman–Crippen LogP) is 3.07. The highest BCUT2D eigenvalue weighted by atomic mass is 32.1. The van der Waals surface area contributed by atoms with E-state index in [1.807, 2.05) is 13.0 Å². The molecular weight excluding hydrogens is 268 g/mol. The van der Waals surface area contributed by atoms with E-state index >= 15 is 0 Å². The standard InChI is InChI=1S/C11H10N4O3S/c1-7(8-3-2-5-18-8)12-9-10(15(16)17)14-4-6-19-11(14)13-9/h2-7,12H,1H3/t7-/m1/s1. The van der Waals surface area contributed by atoms with Crippen molar-refractivity contribution in [3.63, 3.8) is 0 Å². The largest absolute Gasteiger partial charge is 0.467 e. The molecule has 98 valence electrons. The molecule has 0 aliphatic heterocycles. The minimum Gasteiger partial charge on any atom is -0.467 e. The van der Waals surface area contributed by atoms with Gasteiger partial charge in [-0.15, -0.1) is 0 Å². The van der Waals surface area contributed by atoms with Crippen LogP contribution < -0.4 is 5.32 Å². The quantitative estimate of drug-likeness (QED) is 0.585. The number of hydrogen-bond donors (Lipinski definition) is 1. The summed E-state index contributed by atoms with van der Waals surface area (Å²) in [6, 6.07) is 3.38. The monoisotopic (exact) mass is 278 g/mol. The van der Waals surface area contributed by atoms with Crippen LogP contribution in [0.3, 0.4) is 0 Å². The summed E-state index contributed by atoms with van der Waals surface area (Å²) in [5.41, 5.74) is 0. The van der Waals surface area contributed by atoms with E-state index in [1.54, 1.807) is 23.9 Å². The molecule has 7 nitrogen and oxygen atoms in total. The van der Waals surface area contributed by atoms with Gasteiger partial charge in [-0.05, 0) is 24.0 Å². The van der Waals surface area contributed by atoms with Crippen LogP contribution >= 0.6 is 11.3 Å². The molecule has 0 saturated carbocycles. The van der Waals surface area contributed by atoms with Gasteiger partial charge in [0.05, 0.1) is 12.3 Å². The lowest BCUT2D eigenvalue weighted by Gasteiger charge is -2.09. The Morgan fingerprint density at radius 2 is 2.47 bits per heavy atom. The van der Waals surface area contributed by atoms with Crippen LogP contribution in [0.15, 0.2) is 34.4 Å². The van der Waals surface area contributed by atoms with Crippen LogP contribution in [0.25, 0.3) is 4.96 Å². The van der Waals surface area contributed by atoms with Crippen LogP contribution in [0.2, 0.25) is 0 Å². The highest BCUT2D eigenvalue weighted by molar-refractivity contribution is 7.15. The third-order valence-corrected chi connectivity index (χ3v) is 3.49. The van der Waals surface area contributed by atoms with Crippen molar-refractivity contribution in [2.75, 3.05) is 5.32 Å². The van der Waals surface area contributed by atoms with Gasteiger partial charge in [-0.1, -0.05) is 11.3 Å². The highest BCUT2D eigenvalue weighted by Gasteiger charge is 2.25. The molecule has 0 spiro atoms. The van der Waals surface area contributed by atoms with Crippen LogP contribution in [-0.2, 0) is 0 Å². The van der Waals surface area contributed by atoms with Crippen molar-refractivity contribution in [3.05, 3.63) is 45.8 Å². The molecule has 0 radical (unpaired) electrons. The molecule has 0 bridgehead atoms. The fourth-order valence-electron chi connectivity index (χ4n) is 1.86. The Morgan fingerprint density at radius 3 is 3.16 bits per heavy atom. The number of nitrogens with one attached hydrogen (secondary N) is 1. The van der Waals surface area contributed by atoms with Crippen molar-refractivity contribution < 1.29 is 9.34 Å². The number of nitro groups is 1. The average molecular weight is 278 g/mol. The Hall–Kier alpha value is -2.35. The summed E-state index contributed by atoms with van der Waals surface area (Å²) in [6.45, 7) is 1.86. The summed E-state index contributed by atoms with van der Waals surface area (Å²) in [4.78, 5) is 15.5. The second kappa shape index (κ2) is 4.39. The van der Waals surface area contributed by atoms with E-state index in [4.69, 9.17) is 4.42 Å². The third kappa shape index (κ3) is 1.95. The van der Waals surface area contributed by atoms with Crippen LogP contribution in [-0.4, -0.2) is 14.3 Å². The number of fused-ring (bicyclic) bond motifs is 1. The molecule has 1 atom stereocenters. The zero-order valence-electron chi connectivity index (χ0n) is 9.94. The topological polar surface area (TPSA) is 85.6 Å². The summed E-state index contributed by atoms with van der Waals surface area (Å²) in [6.07, 6.45) is 3.20. The van der Waals surface area contributed by atoms with Gasteiger partial charge < -0.3 is 19.8 Å². The molecule has 0 aliphatic rings. The lowest BCUT2D eigenvalue weighted by Crippen LogP contribution is -2.07. The Morgan fingerprint density at radius 1 is 1.63 bits per heavy atom. The number of aromatic nitrogens is 2. The minimum absolute atomic E-state index is 0.0605. The predicted molar refractivity (Wildman–Crippen MR) is 70.5 cm³/mol. The fourth-order valence-corrected chi connectivity index (χ4v) is 2.57. The molecule has 0 saturated heterocycles. The van der Waals surface area contributed by atoms with Crippen molar-refractivity contribution in [2.24, 2.45) is 0 Å². The zero-order valence-corrected chi connectivity index (χ0v) is 10.8. The summed E-state index contributed by atoms with van der Waals surface area (Å²) in [7, 11) is 0. The first-order valence-electron chi connectivity index (χ1n) is 5.56. The molecule has 3 heterocycles. The van der Waals surface area contributed by atoms with Gasteiger partial charge in [-0.25, -0.2) is 0 Å². The van der Waals surface area contributed by atoms with Gasteiger partial charge in [0, 0.05) is 5.38 Å². The summed E-state index contributed by atoms with van der Waals surface area (Å²) in [5, 5.41) is 15.9. The minimum atomic E-state index is -0.441. The van der Waals surface area contributed by atoms with Crippen molar-refractivity contribution >= 4 is 27.9 Å². The van der Waals surface area contributed by atoms with Gasteiger partial charge in [0.25, 0.3) is 4.96 Å². The van der Waals surface area contributed by atoms with Crippen molar-refractivity contribution in [1.29, 1.82) is 0 Å². The number of furan rings is 1. The van der Waals surface area contributed by atoms with E-state index in [0.717, 1.165) is 0 Å². The first kappa shape index (κ1) is 11.7. The number of hydrogen-bond acceptors (Lipinski definition) is 6. The van der Waals surface area contributed by atoms with Crippen molar-refractivity contribution in [2.45, 2.75) is 13.0 Å². The van der Waals surface area contributed by atoms with Crippen LogP contribution in [0.4, 0.5) is 11.6 Å². The molecular formula is C11H10N4O3S. The lowest BCUT2D eigenvalue weighted by molar-refractivity contribution is -0.389. The van der Waals surface area contributed by atoms with E-state index in [0.29, 0.717) is 10.7 Å². The average Bonchev–Trinajstić information content (AvgIpc) is 3.03. The van der Waals surface area contributed by atoms with Crippen LogP contribution in [0, 0.1) is 10.1 Å². The molecule has 0 fully saturated rings. The molecule has 19 heavy (non-hydrogen) atoms. The molecule has 3 aromatic rings. The Kier molecular flexibility index (Phi) is 2.71. The van der Waals surface area contributed by atoms with Gasteiger partial charge in [0.1, 0.15) is 12.0 Å². The lowest BCUT2D eigenvalue weighted by atomic mass is 10.2. The fraction of sp³-hybridized carbons (Fsp3) is 0.182. The Labute approximate surface area is 111 Å². The highest BCUT2D eigenvalue weighted by Crippen LogP contribution is 2.30. The van der Waals surface area contributed by atoms with Crippen LogP contribution in [0.1, 0.15) is 18.7 Å². The molecule has 3 rings (SSSR count). The maximum Gasteiger partial charge on any atom is 0.372 e. The van der Waals surface area contributed by atoms with Gasteiger partial charge >= 0.3 is 5.82 Å². The third-order valence-electron chi connectivity index (χ3n) is 2.73. The van der Waals surface area contributed by atoms with E-state index in [1.165, 1.54) is 15.7 Å². The maximum atomic E-state index is 11.1. The van der Waals surface area contributed by atoms with E-state index in [9.17, 15) is 10.1 Å². The Balaban J connectivity index is 1.98. The van der Waals surface area contributed by atoms with Gasteiger partial charge in [0.2, 0.25) is 5.82 Å². The second-order valence-corrected chi connectivity index (χ2v) is 4.85. The first-order chi connectivity index (χ1) is 9.16. The molecule has 0 aromatic carbocycles. The number of nitrogens with zero attached hydrogens (tertiary/aromatic N) is 3. The SMILES string of the molecule is C[C@@H](Nc1nc2sccn2c1[N+](=O)[O-])c1ccco1. The maximum absolute atomic E-state index is 11.1. The number of anilines is 1. The number of imidazole rings is 1. The van der Waals surface area contributed by atoms with Crippen molar-refractivity contribution in [1.82, 2.24) is 9.38 Å². The second-order valence-electron chi connectivity index (χ2n) is 3.98. The molecule has 8 heteroatoms. The molecule has 1 N–H and O–H groups in total. The normalized spacial score (nSPS) is 12.7. The van der Waals surface area contributed by atoms with Gasteiger partial charge in [0.15, 0.2) is 0 Å². The van der Waals surface area contributed by atoms with E-state index in [2.05, 4.69) is 10.3 Å². The number of rotatable bonds is 4. The zero-order chi connectivity index (χ0) is 13.4. The summed E-state index contributed by atoms with van der Waals surface area (Å²) in [5.74, 6) is 0.890. The van der Waals surface area contributed by atoms with Gasteiger partial charge in [-0.3, -0.25) is 0 Å².